The number of rotatable bonds is 2. The Kier molecular flexibility index (Phi) is 2.53. The fourth-order valence-electron chi connectivity index (χ4n) is 5.51. The molecule has 1 unspecified atom stereocenters. The van der Waals surface area contributed by atoms with Gasteiger partial charge in [-0.15, -0.1) is 0 Å². The molecule has 1 atom stereocenters. The molecule has 0 aromatic heterocycles. The zero-order chi connectivity index (χ0) is 14.8. The van der Waals surface area contributed by atoms with Crippen molar-refractivity contribution >= 4 is 11.9 Å². The maximum Gasteiger partial charge on any atom is 0.322 e. The normalized spacial score (nSPS) is 44.8. The lowest BCUT2D eigenvalue weighted by Gasteiger charge is -2.54. The summed E-state index contributed by atoms with van der Waals surface area (Å²) in [7, 11) is 0. The van der Waals surface area contributed by atoms with Crippen molar-refractivity contribution < 1.29 is 19.8 Å². The molecule has 0 amide bonds. The predicted molar refractivity (Wildman–Crippen MR) is 74.2 cm³/mol. The molecule has 4 nitrogen and oxygen atoms in total. The van der Waals surface area contributed by atoms with Gasteiger partial charge in [-0.25, -0.2) is 0 Å². The standard InChI is InChI=1S/C17H20O4/c18-14(19)17(15(20)21)9-13(17)1-2-16-6-10-3-11(7-16)5-12(4-10)8-16/h10-13H,3-9H2,(H,18,19)(H,20,21). The van der Waals surface area contributed by atoms with Gasteiger partial charge in [-0.05, 0) is 62.7 Å². The van der Waals surface area contributed by atoms with E-state index in [1.54, 1.807) is 0 Å². The molecule has 5 aliphatic carbocycles. The van der Waals surface area contributed by atoms with Crippen LogP contribution in [0.4, 0.5) is 0 Å². The van der Waals surface area contributed by atoms with Crippen molar-refractivity contribution in [3.05, 3.63) is 0 Å². The molecule has 112 valence electrons. The van der Waals surface area contributed by atoms with Crippen molar-refractivity contribution in [2.24, 2.45) is 34.5 Å². The summed E-state index contributed by atoms with van der Waals surface area (Å²) in [5.41, 5.74) is -1.56. The summed E-state index contributed by atoms with van der Waals surface area (Å²) in [6, 6.07) is 0. The van der Waals surface area contributed by atoms with Crippen LogP contribution in [0.5, 0.6) is 0 Å². The number of hydrogen-bond acceptors (Lipinski definition) is 2. The topological polar surface area (TPSA) is 74.6 Å². The number of carbonyl (C=O) groups is 2. The van der Waals surface area contributed by atoms with Crippen molar-refractivity contribution in [3.8, 4) is 11.8 Å². The summed E-state index contributed by atoms with van der Waals surface area (Å²) in [6.45, 7) is 0. The van der Waals surface area contributed by atoms with Gasteiger partial charge in [0.15, 0.2) is 5.41 Å². The van der Waals surface area contributed by atoms with Crippen molar-refractivity contribution in [1.82, 2.24) is 0 Å². The van der Waals surface area contributed by atoms with Crippen LogP contribution < -0.4 is 0 Å². The molecule has 0 spiro atoms. The summed E-state index contributed by atoms with van der Waals surface area (Å²) >= 11 is 0. The number of hydrogen-bond donors (Lipinski definition) is 2. The van der Waals surface area contributed by atoms with E-state index in [1.807, 2.05) is 0 Å². The molecule has 4 heteroatoms. The first-order valence-corrected chi connectivity index (χ1v) is 7.93. The molecular formula is C17H20O4. The van der Waals surface area contributed by atoms with Crippen molar-refractivity contribution in [2.75, 3.05) is 0 Å². The van der Waals surface area contributed by atoms with Crippen LogP contribution in [0.1, 0.15) is 44.9 Å². The molecule has 4 bridgehead atoms. The van der Waals surface area contributed by atoms with Crippen LogP contribution in [0.15, 0.2) is 0 Å². The highest BCUT2D eigenvalue weighted by molar-refractivity contribution is 6.02. The summed E-state index contributed by atoms with van der Waals surface area (Å²) in [4.78, 5) is 22.4. The molecule has 0 aromatic rings. The third-order valence-corrected chi connectivity index (χ3v) is 6.27. The van der Waals surface area contributed by atoms with Crippen molar-refractivity contribution in [2.45, 2.75) is 44.9 Å². The SMILES string of the molecule is O=C(O)C1(C(=O)O)CC1C#CC12CC3CC(CC(C3)C1)C2. The second-order valence-corrected chi connectivity index (χ2v) is 7.81. The van der Waals surface area contributed by atoms with Crippen LogP contribution in [0, 0.1) is 46.3 Å². The first-order chi connectivity index (χ1) is 9.93. The van der Waals surface area contributed by atoms with E-state index in [9.17, 15) is 9.59 Å². The van der Waals surface area contributed by atoms with E-state index < -0.39 is 23.3 Å². The van der Waals surface area contributed by atoms with E-state index in [2.05, 4.69) is 11.8 Å². The monoisotopic (exact) mass is 288 g/mol. The van der Waals surface area contributed by atoms with Crippen LogP contribution in [0.2, 0.25) is 0 Å². The van der Waals surface area contributed by atoms with Gasteiger partial charge in [-0.1, -0.05) is 11.8 Å². The molecular weight excluding hydrogens is 268 g/mol. The summed E-state index contributed by atoms with van der Waals surface area (Å²) < 4.78 is 0. The van der Waals surface area contributed by atoms with Crippen molar-refractivity contribution in [3.63, 3.8) is 0 Å². The molecule has 5 fully saturated rings. The van der Waals surface area contributed by atoms with Gasteiger partial charge in [0.05, 0.1) is 0 Å². The average molecular weight is 288 g/mol. The zero-order valence-electron chi connectivity index (χ0n) is 12.0. The average Bonchev–Trinajstić information content (AvgIpc) is 3.10. The molecule has 5 rings (SSSR count). The van der Waals surface area contributed by atoms with Crippen LogP contribution in [0.3, 0.4) is 0 Å². The second kappa shape index (κ2) is 4.03. The maximum absolute atomic E-state index is 11.2. The van der Waals surface area contributed by atoms with E-state index >= 15 is 0 Å². The van der Waals surface area contributed by atoms with Gasteiger partial charge < -0.3 is 10.2 Å². The molecule has 2 N–H and O–H groups in total. The highest BCUT2D eigenvalue weighted by Gasteiger charge is 2.67. The summed E-state index contributed by atoms with van der Waals surface area (Å²) in [5, 5.41) is 18.3. The zero-order valence-corrected chi connectivity index (χ0v) is 12.0. The van der Waals surface area contributed by atoms with E-state index in [0.717, 1.165) is 37.0 Å². The van der Waals surface area contributed by atoms with Gasteiger partial charge in [-0.2, -0.15) is 0 Å². The van der Waals surface area contributed by atoms with Gasteiger partial charge in [0.2, 0.25) is 0 Å². The minimum Gasteiger partial charge on any atom is -0.480 e. The molecule has 0 aromatic carbocycles. The maximum atomic E-state index is 11.2. The Labute approximate surface area is 123 Å². The molecule has 0 aliphatic heterocycles. The number of carboxylic acids is 2. The van der Waals surface area contributed by atoms with Crippen LogP contribution >= 0.6 is 0 Å². The first kappa shape index (κ1) is 13.2. The fraction of sp³-hybridized carbons (Fsp3) is 0.765. The van der Waals surface area contributed by atoms with Crippen LogP contribution in [-0.4, -0.2) is 22.2 Å². The van der Waals surface area contributed by atoms with Gasteiger partial charge >= 0.3 is 11.9 Å². The third-order valence-electron chi connectivity index (χ3n) is 6.27. The lowest BCUT2D eigenvalue weighted by molar-refractivity contribution is -0.157. The first-order valence-electron chi connectivity index (χ1n) is 7.93. The largest absolute Gasteiger partial charge is 0.480 e. The Morgan fingerprint density at radius 3 is 1.71 bits per heavy atom. The number of aliphatic carboxylic acids is 2. The quantitative estimate of drug-likeness (QED) is 0.604. The van der Waals surface area contributed by atoms with Crippen LogP contribution in [-0.2, 0) is 9.59 Å². The molecule has 0 saturated heterocycles. The molecule has 0 heterocycles. The van der Waals surface area contributed by atoms with Crippen LogP contribution in [0.25, 0.3) is 0 Å². The molecule has 5 saturated carbocycles. The van der Waals surface area contributed by atoms with Crippen molar-refractivity contribution in [1.29, 1.82) is 0 Å². The summed E-state index contributed by atoms with van der Waals surface area (Å²) in [6.07, 6.45) is 7.64. The van der Waals surface area contributed by atoms with E-state index in [0.29, 0.717) is 0 Å². The Morgan fingerprint density at radius 1 is 0.857 bits per heavy atom. The third kappa shape index (κ3) is 1.83. The smallest absolute Gasteiger partial charge is 0.322 e. The Balaban J connectivity index is 1.56. The minimum atomic E-state index is -1.63. The molecule has 0 radical (unpaired) electrons. The van der Waals surface area contributed by atoms with Gasteiger partial charge in [0.1, 0.15) is 0 Å². The Hall–Kier alpha value is -1.50. The number of carboxylic acid groups (broad SMARTS) is 2. The fourth-order valence-corrected chi connectivity index (χ4v) is 5.51. The predicted octanol–water partition coefficient (Wildman–Crippen LogP) is 2.38. The molecule has 21 heavy (non-hydrogen) atoms. The lowest BCUT2D eigenvalue weighted by Crippen LogP contribution is -2.45. The van der Waals surface area contributed by atoms with E-state index in [4.69, 9.17) is 10.2 Å². The van der Waals surface area contributed by atoms with Gasteiger partial charge in [-0.3, -0.25) is 9.59 Å². The molecule has 5 aliphatic rings. The highest BCUT2D eigenvalue weighted by Crippen LogP contribution is 2.60. The lowest BCUT2D eigenvalue weighted by atomic mass is 9.50. The highest BCUT2D eigenvalue weighted by atomic mass is 16.4. The van der Waals surface area contributed by atoms with E-state index in [1.165, 1.54) is 19.3 Å². The Morgan fingerprint density at radius 2 is 1.33 bits per heavy atom. The minimum absolute atomic E-state index is 0.0695. The van der Waals surface area contributed by atoms with E-state index in [-0.39, 0.29) is 11.8 Å². The van der Waals surface area contributed by atoms with Gasteiger partial charge in [0.25, 0.3) is 0 Å². The Bertz CT molecular complexity index is 530. The van der Waals surface area contributed by atoms with Gasteiger partial charge in [0, 0.05) is 11.3 Å². The summed E-state index contributed by atoms with van der Waals surface area (Å²) in [5.74, 6) is 5.86. The second-order valence-electron chi connectivity index (χ2n) is 7.81.